The van der Waals surface area contributed by atoms with Crippen LogP contribution in [0.2, 0.25) is 0 Å². The van der Waals surface area contributed by atoms with E-state index in [1.54, 1.807) is 12.1 Å². The molecule has 0 aliphatic rings. The first-order valence-corrected chi connectivity index (χ1v) is 7.73. The standard InChI is InChI=1S/C18H11F6NO3/c19-17(20,21)12-4-3-11(7-13(12)18(22,23)24)25-8-9-1-2-10-6-15(16(26)27)28-14(10)5-9/h1-7,25H,8H2,(H,26,27). The normalized spacial score (nSPS) is 12.4. The Balaban J connectivity index is 1.84. The molecule has 1 aromatic heterocycles. The first-order valence-electron chi connectivity index (χ1n) is 7.73. The SMILES string of the molecule is O=C(O)c1cc2ccc(CNc3ccc(C(F)(F)F)c(C(F)(F)F)c3)cc2o1. The van der Waals surface area contributed by atoms with Gasteiger partial charge in [-0.15, -0.1) is 0 Å². The van der Waals surface area contributed by atoms with Crippen molar-refractivity contribution in [3.05, 3.63) is 64.9 Å². The van der Waals surface area contributed by atoms with Crippen molar-refractivity contribution in [2.45, 2.75) is 18.9 Å². The van der Waals surface area contributed by atoms with Gasteiger partial charge in [-0.05, 0) is 35.9 Å². The van der Waals surface area contributed by atoms with Crippen molar-refractivity contribution >= 4 is 22.6 Å². The molecule has 0 saturated carbocycles. The summed E-state index contributed by atoms with van der Waals surface area (Å²) in [7, 11) is 0. The minimum Gasteiger partial charge on any atom is -0.475 e. The van der Waals surface area contributed by atoms with Crippen LogP contribution in [-0.4, -0.2) is 11.1 Å². The monoisotopic (exact) mass is 403 g/mol. The zero-order chi connectivity index (χ0) is 20.7. The van der Waals surface area contributed by atoms with Gasteiger partial charge in [-0.1, -0.05) is 12.1 Å². The van der Waals surface area contributed by atoms with Crippen LogP contribution in [0.25, 0.3) is 11.0 Å². The van der Waals surface area contributed by atoms with E-state index in [2.05, 4.69) is 5.32 Å². The summed E-state index contributed by atoms with van der Waals surface area (Å²) in [5, 5.41) is 12.0. The summed E-state index contributed by atoms with van der Waals surface area (Å²) in [6.45, 7) is -0.0122. The Bertz CT molecular complexity index is 1040. The highest BCUT2D eigenvalue weighted by Gasteiger charge is 2.43. The van der Waals surface area contributed by atoms with Crippen LogP contribution in [0, 0.1) is 0 Å². The zero-order valence-electron chi connectivity index (χ0n) is 13.8. The fraction of sp³-hybridized carbons (Fsp3) is 0.167. The average Bonchev–Trinajstić information content (AvgIpc) is 3.01. The Kier molecular flexibility index (Phi) is 4.74. The first kappa shape index (κ1) is 19.6. The summed E-state index contributed by atoms with van der Waals surface area (Å²) in [6.07, 6.45) is -10.3. The second-order valence-electron chi connectivity index (χ2n) is 5.90. The average molecular weight is 403 g/mol. The molecule has 0 bridgehead atoms. The molecule has 1 heterocycles. The molecule has 0 spiro atoms. The number of carboxylic acids is 1. The maximum atomic E-state index is 13.0. The molecule has 0 fully saturated rings. The van der Waals surface area contributed by atoms with E-state index in [1.807, 2.05) is 0 Å². The van der Waals surface area contributed by atoms with E-state index in [0.717, 1.165) is 6.07 Å². The summed E-state index contributed by atoms with van der Waals surface area (Å²) in [5.41, 5.74) is -2.89. The molecule has 10 heteroatoms. The van der Waals surface area contributed by atoms with E-state index in [4.69, 9.17) is 9.52 Å². The van der Waals surface area contributed by atoms with Crippen molar-refractivity contribution in [3.8, 4) is 0 Å². The van der Waals surface area contributed by atoms with Gasteiger partial charge in [0.1, 0.15) is 5.58 Å². The minimum atomic E-state index is -5.16. The number of benzene rings is 2. The van der Waals surface area contributed by atoms with Crippen molar-refractivity contribution in [1.29, 1.82) is 0 Å². The number of aromatic carboxylic acids is 1. The summed E-state index contributed by atoms with van der Waals surface area (Å²) in [5.74, 6) is -1.52. The van der Waals surface area contributed by atoms with Crippen LogP contribution in [0.15, 0.2) is 46.9 Å². The first-order chi connectivity index (χ1) is 12.9. The minimum absolute atomic E-state index is 0.0122. The van der Waals surface area contributed by atoms with Crippen molar-refractivity contribution in [3.63, 3.8) is 0 Å². The summed E-state index contributed by atoms with van der Waals surface area (Å²) < 4.78 is 82.5. The smallest absolute Gasteiger partial charge is 0.417 e. The fourth-order valence-corrected chi connectivity index (χ4v) is 2.63. The van der Waals surface area contributed by atoms with Gasteiger partial charge in [-0.3, -0.25) is 0 Å². The van der Waals surface area contributed by atoms with Gasteiger partial charge in [0.05, 0.1) is 11.1 Å². The molecule has 0 atom stereocenters. The van der Waals surface area contributed by atoms with Gasteiger partial charge in [0.2, 0.25) is 5.76 Å². The molecule has 2 aromatic carbocycles. The highest BCUT2D eigenvalue weighted by atomic mass is 19.4. The van der Waals surface area contributed by atoms with Crippen molar-refractivity contribution in [1.82, 2.24) is 0 Å². The van der Waals surface area contributed by atoms with Crippen LogP contribution < -0.4 is 5.32 Å². The van der Waals surface area contributed by atoms with Crippen LogP contribution in [0.3, 0.4) is 0 Å². The van der Waals surface area contributed by atoms with E-state index in [-0.39, 0.29) is 23.6 Å². The fourth-order valence-electron chi connectivity index (χ4n) is 2.63. The number of carbonyl (C=O) groups is 1. The summed E-state index contributed by atoms with van der Waals surface area (Å²) >= 11 is 0. The Labute approximate surface area is 153 Å². The number of rotatable bonds is 4. The molecule has 0 unspecified atom stereocenters. The van der Waals surface area contributed by atoms with Gasteiger partial charge in [0.25, 0.3) is 0 Å². The molecule has 0 aliphatic carbocycles. The zero-order valence-corrected chi connectivity index (χ0v) is 13.8. The largest absolute Gasteiger partial charge is 0.475 e. The Morgan fingerprint density at radius 3 is 2.21 bits per heavy atom. The van der Waals surface area contributed by atoms with Gasteiger partial charge in [0, 0.05) is 17.6 Å². The Morgan fingerprint density at radius 2 is 1.61 bits per heavy atom. The lowest BCUT2D eigenvalue weighted by molar-refractivity contribution is -0.162. The van der Waals surface area contributed by atoms with E-state index in [1.165, 1.54) is 12.1 Å². The van der Waals surface area contributed by atoms with E-state index in [9.17, 15) is 31.1 Å². The second-order valence-corrected chi connectivity index (χ2v) is 5.90. The lowest BCUT2D eigenvalue weighted by atomic mass is 10.1. The van der Waals surface area contributed by atoms with Crippen LogP contribution in [0.5, 0.6) is 0 Å². The van der Waals surface area contributed by atoms with Crippen LogP contribution in [0.1, 0.15) is 27.2 Å². The van der Waals surface area contributed by atoms with Crippen molar-refractivity contribution < 1.29 is 40.7 Å². The molecule has 0 radical (unpaired) electrons. The lowest BCUT2D eigenvalue weighted by Gasteiger charge is -2.17. The van der Waals surface area contributed by atoms with Gasteiger partial charge in [-0.2, -0.15) is 26.3 Å². The molecule has 2 N–H and O–H groups in total. The van der Waals surface area contributed by atoms with Crippen LogP contribution in [0.4, 0.5) is 32.0 Å². The Hall–Kier alpha value is -3.17. The molecule has 3 rings (SSSR count). The van der Waals surface area contributed by atoms with Crippen molar-refractivity contribution in [2.24, 2.45) is 0 Å². The third-order valence-corrected chi connectivity index (χ3v) is 3.92. The van der Waals surface area contributed by atoms with Gasteiger partial charge >= 0.3 is 18.3 Å². The number of alkyl halides is 6. The number of fused-ring (bicyclic) bond motifs is 1. The molecule has 3 aromatic rings. The molecule has 0 saturated heterocycles. The molecular weight excluding hydrogens is 392 g/mol. The Morgan fingerprint density at radius 1 is 0.929 bits per heavy atom. The predicted octanol–water partition coefficient (Wildman–Crippen LogP) is 5.78. The lowest BCUT2D eigenvalue weighted by Crippen LogP contribution is -2.17. The van der Waals surface area contributed by atoms with E-state index >= 15 is 0 Å². The number of hydrogen-bond acceptors (Lipinski definition) is 3. The van der Waals surface area contributed by atoms with Crippen LogP contribution >= 0.6 is 0 Å². The summed E-state index contributed by atoms with van der Waals surface area (Å²) in [4.78, 5) is 10.9. The number of halogens is 6. The number of furan rings is 1. The molecule has 28 heavy (non-hydrogen) atoms. The highest BCUT2D eigenvalue weighted by molar-refractivity contribution is 5.91. The number of hydrogen-bond donors (Lipinski definition) is 2. The maximum absolute atomic E-state index is 13.0. The third-order valence-electron chi connectivity index (χ3n) is 3.92. The van der Waals surface area contributed by atoms with Gasteiger partial charge < -0.3 is 14.8 Å². The van der Waals surface area contributed by atoms with Crippen LogP contribution in [-0.2, 0) is 18.9 Å². The maximum Gasteiger partial charge on any atom is 0.417 e. The van der Waals surface area contributed by atoms with Gasteiger partial charge in [0.15, 0.2) is 0 Å². The number of carboxylic acid groups (broad SMARTS) is 1. The van der Waals surface area contributed by atoms with Crippen molar-refractivity contribution in [2.75, 3.05) is 5.32 Å². The topological polar surface area (TPSA) is 62.5 Å². The predicted molar refractivity (Wildman–Crippen MR) is 86.9 cm³/mol. The molecule has 4 nitrogen and oxygen atoms in total. The second kappa shape index (κ2) is 6.77. The van der Waals surface area contributed by atoms with E-state index in [0.29, 0.717) is 23.1 Å². The molecular formula is C18H11F6NO3. The third kappa shape index (κ3) is 4.05. The molecule has 0 amide bonds. The quantitative estimate of drug-likeness (QED) is 0.542. The van der Waals surface area contributed by atoms with E-state index < -0.39 is 29.4 Å². The summed E-state index contributed by atoms with van der Waals surface area (Å²) in [6, 6.07) is 7.65. The number of anilines is 1. The highest BCUT2D eigenvalue weighted by Crippen LogP contribution is 2.41. The van der Waals surface area contributed by atoms with Gasteiger partial charge in [-0.25, -0.2) is 4.79 Å². The number of nitrogens with one attached hydrogen (secondary N) is 1. The molecule has 0 aliphatic heterocycles. The molecule has 148 valence electrons.